The van der Waals surface area contributed by atoms with E-state index in [9.17, 15) is 0 Å². The second-order valence-electron chi connectivity index (χ2n) is 3.92. The van der Waals surface area contributed by atoms with Crippen LogP contribution in [0.3, 0.4) is 0 Å². The molecule has 0 aliphatic carbocycles. The minimum Gasteiger partial charge on any atom is -0.497 e. The van der Waals surface area contributed by atoms with E-state index in [1.165, 1.54) is 0 Å². The van der Waals surface area contributed by atoms with Gasteiger partial charge in [-0.25, -0.2) is 0 Å². The van der Waals surface area contributed by atoms with Gasteiger partial charge in [-0.1, -0.05) is 0 Å². The lowest BCUT2D eigenvalue weighted by Crippen LogP contribution is -2.57. The topological polar surface area (TPSA) is 46.2 Å². The minimum absolute atomic E-state index is 0.515. The van der Waals surface area contributed by atoms with Crippen LogP contribution >= 0.6 is 0 Å². The van der Waals surface area contributed by atoms with E-state index >= 15 is 0 Å². The average Bonchev–Trinajstić information content (AvgIpc) is 2.47. The maximum atomic E-state index is 5.89. The second kappa shape index (κ2) is 8.26. The summed E-state index contributed by atoms with van der Waals surface area (Å²) in [5.74, 6) is 1.38. The highest BCUT2D eigenvalue weighted by Gasteiger charge is 2.45. The zero-order valence-corrected chi connectivity index (χ0v) is 13.9. The van der Waals surface area contributed by atoms with Crippen LogP contribution in [0.15, 0.2) is 18.2 Å². The zero-order chi connectivity index (χ0) is 15.0. The van der Waals surface area contributed by atoms with Gasteiger partial charge in [0.05, 0.1) is 19.4 Å². The van der Waals surface area contributed by atoms with E-state index in [0.717, 1.165) is 10.9 Å². The Bertz CT molecular complexity index is 394. The Labute approximate surface area is 122 Å². The molecule has 5 nitrogen and oxygen atoms in total. The first-order valence-electron chi connectivity index (χ1n) is 6.81. The van der Waals surface area contributed by atoms with Crippen molar-refractivity contribution in [2.45, 2.75) is 20.8 Å². The summed E-state index contributed by atoms with van der Waals surface area (Å²) in [6, 6.07) is 5.57. The van der Waals surface area contributed by atoms with E-state index < -0.39 is 8.80 Å². The molecule has 114 valence electrons. The molecule has 0 N–H and O–H groups in total. The molecule has 0 atom stereocenters. The van der Waals surface area contributed by atoms with E-state index in [1.807, 2.05) is 39.0 Å². The molecule has 0 saturated carbocycles. The molecule has 0 fully saturated rings. The van der Waals surface area contributed by atoms with Crippen LogP contribution in [0, 0.1) is 0 Å². The maximum absolute atomic E-state index is 5.89. The Kier molecular flexibility index (Phi) is 7.01. The molecule has 0 aromatic heterocycles. The molecule has 0 amide bonds. The van der Waals surface area contributed by atoms with E-state index in [-0.39, 0.29) is 0 Å². The lowest BCUT2D eigenvalue weighted by atomic mass is 10.3. The molecular formula is C14H24O5Si. The molecule has 0 spiro atoms. The van der Waals surface area contributed by atoms with E-state index in [2.05, 4.69) is 0 Å². The van der Waals surface area contributed by atoms with E-state index in [1.54, 1.807) is 14.2 Å². The normalized spacial score (nSPS) is 11.4. The summed E-state index contributed by atoms with van der Waals surface area (Å²) >= 11 is 0. The molecular weight excluding hydrogens is 276 g/mol. The fourth-order valence-electron chi connectivity index (χ4n) is 1.98. The summed E-state index contributed by atoms with van der Waals surface area (Å²) in [6.45, 7) is 7.32. The van der Waals surface area contributed by atoms with Crippen LogP contribution in [0.4, 0.5) is 0 Å². The lowest BCUT2D eigenvalue weighted by molar-refractivity contribution is 0.0853. The highest BCUT2D eigenvalue weighted by molar-refractivity contribution is 6.76. The van der Waals surface area contributed by atoms with Crippen molar-refractivity contribution in [2.24, 2.45) is 0 Å². The molecule has 0 aliphatic heterocycles. The fourth-order valence-corrected chi connectivity index (χ4v) is 4.60. The van der Waals surface area contributed by atoms with Crippen LogP contribution in [0.1, 0.15) is 20.8 Å². The molecule has 0 bridgehead atoms. The minimum atomic E-state index is -2.95. The third kappa shape index (κ3) is 3.73. The van der Waals surface area contributed by atoms with Crippen LogP contribution < -0.4 is 14.7 Å². The number of hydrogen-bond donors (Lipinski definition) is 0. The Morgan fingerprint density at radius 2 is 1.40 bits per heavy atom. The quantitative estimate of drug-likeness (QED) is 0.652. The van der Waals surface area contributed by atoms with Crippen molar-refractivity contribution in [2.75, 3.05) is 34.0 Å². The fraction of sp³-hybridized carbons (Fsp3) is 0.571. The highest BCUT2D eigenvalue weighted by Crippen LogP contribution is 2.23. The summed E-state index contributed by atoms with van der Waals surface area (Å²) in [6.07, 6.45) is 0. The van der Waals surface area contributed by atoms with Gasteiger partial charge in [-0.2, -0.15) is 0 Å². The van der Waals surface area contributed by atoms with Gasteiger partial charge in [0.1, 0.15) is 11.5 Å². The van der Waals surface area contributed by atoms with Crippen molar-refractivity contribution >= 4 is 14.0 Å². The zero-order valence-electron chi connectivity index (χ0n) is 12.9. The Morgan fingerprint density at radius 3 is 1.80 bits per heavy atom. The molecule has 1 aromatic rings. The van der Waals surface area contributed by atoms with Gasteiger partial charge in [-0.3, -0.25) is 0 Å². The molecule has 1 aromatic carbocycles. The number of ether oxygens (including phenoxy) is 2. The van der Waals surface area contributed by atoms with Gasteiger partial charge in [0.2, 0.25) is 0 Å². The second-order valence-corrected chi connectivity index (χ2v) is 6.44. The molecule has 6 heteroatoms. The molecule has 20 heavy (non-hydrogen) atoms. The summed E-state index contributed by atoms with van der Waals surface area (Å²) in [5.41, 5.74) is 0. The van der Waals surface area contributed by atoms with Crippen molar-refractivity contribution in [3.8, 4) is 11.5 Å². The summed E-state index contributed by atoms with van der Waals surface area (Å²) < 4.78 is 28.3. The monoisotopic (exact) mass is 300 g/mol. The smallest absolute Gasteiger partial charge is 0.497 e. The first-order valence-corrected chi connectivity index (χ1v) is 8.54. The third-order valence-electron chi connectivity index (χ3n) is 2.74. The Balaban J connectivity index is 3.30. The first kappa shape index (κ1) is 17.0. The molecule has 1 rings (SSSR count). The third-order valence-corrected chi connectivity index (χ3v) is 5.82. The summed E-state index contributed by atoms with van der Waals surface area (Å²) in [7, 11) is 0.277. The molecule has 0 radical (unpaired) electrons. The van der Waals surface area contributed by atoms with E-state index in [0.29, 0.717) is 25.6 Å². The molecule has 0 heterocycles. The van der Waals surface area contributed by atoms with Crippen molar-refractivity contribution in [3.05, 3.63) is 18.2 Å². The van der Waals surface area contributed by atoms with Gasteiger partial charge >= 0.3 is 8.80 Å². The average molecular weight is 300 g/mol. The lowest BCUT2D eigenvalue weighted by Gasteiger charge is -2.29. The number of benzene rings is 1. The number of hydrogen-bond acceptors (Lipinski definition) is 5. The van der Waals surface area contributed by atoms with Crippen LogP contribution in [0.25, 0.3) is 0 Å². The van der Waals surface area contributed by atoms with Gasteiger partial charge in [0.15, 0.2) is 0 Å². The standard InChI is InChI=1S/C14H24O5Si/c1-6-17-20(18-7-2,19-8-3)14-10-9-12(15-4)11-13(14)16-5/h9-11H,6-8H2,1-5H3. The van der Waals surface area contributed by atoms with Crippen molar-refractivity contribution in [1.29, 1.82) is 0 Å². The summed E-state index contributed by atoms with van der Waals surface area (Å²) in [5, 5.41) is 0.825. The van der Waals surface area contributed by atoms with Crippen LogP contribution in [-0.2, 0) is 13.3 Å². The maximum Gasteiger partial charge on any atom is 0.541 e. The predicted octanol–water partition coefficient (Wildman–Crippen LogP) is 1.96. The number of methoxy groups -OCH3 is 2. The molecule has 0 aliphatic rings. The van der Waals surface area contributed by atoms with Gasteiger partial charge in [-0.05, 0) is 32.9 Å². The van der Waals surface area contributed by atoms with Crippen molar-refractivity contribution in [1.82, 2.24) is 0 Å². The summed E-state index contributed by atoms with van der Waals surface area (Å²) in [4.78, 5) is 0. The van der Waals surface area contributed by atoms with E-state index in [4.69, 9.17) is 22.8 Å². The van der Waals surface area contributed by atoms with Crippen molar-refractivity contribution < 1.29 is 22.8 Å². The van der Waals surface area contributed by atoms with Crippen LogP contribution in [0.5, 0.6) is 11.5 Å². The van der Waals surface area contributed by atoms with Gasteiger partial charge in [0, 0.05) is 25.9 Å². The van der Waals surface area contributed by atoms with Gasteiger partial charge < -0.3 is 22.8 Å². The van der Waals surface area contributed by atoms with Gasteiger partial charge in [0.25, 0.3) is 0 Å². The van der Waals surface area contributed by atoms with Gasteiger partial charge in [-0.15, -0.1) is 0 Å². The predicted molar refractivity (Wildman–Crippen MR) is 79.8 cm³/mol. The van der Waals surface area contributed by atoms with Crippen LogP contribution in [-0.4, -0.2) is 42.8 Å². The molecule has 0 saturated heterocycles. The Hall–Kier alpha value is -1.08. The SMILES string of the molecule is CCO[Si](OCC)(OCC)c1ccc(OC)cc1OC. The number of rotatable bonds is 9. The Morgan fingerprint density at radius 1 is 0.850 bits per heavy atom. The van der Waals surface area contributed by atoms with Crippen molar-refractivity contribution in [3.63, 3.8) is 0 Å². The first-order chi connectivity index (χ1) is 9.67. The molecule has 0 unspecified atom stereocenters. The highest BCUT2D eigenvalue weighted by atomic mass is 28.4. The van der Waals surface area contributed by atoms with Crippen LogP contribution in [0.2, 0.25) is 0 Å². The largest absolute Gasteiger partial charge is 0.541 e.